The summed E-state index contributed by atoms with van der Waals surface area (Å²) in [5, 5.41) is 21.7. The van der Waals surface area contributed by atoms with Crippen LogP contribution in [0.25, 0.3) is 0 Å². The van der Waals surface area contributed by atoms with E-state index in [4.69, 9.17) is 4.74 Å². The topological polar surface area (TPSA) is 78.8 Å². The number of nitrogens with one attached hydrogen (secondary N) is 1. The first-order valence-electron chi connectivity index (χ1n) is 6.05. The van der Waals surface area contributed by atoms with Gasteiger partial charge < -0.3 is 20.3 Å². The number of hydrogen-bond donors (Lipinski definition) is 3. The van der Waals surface area contributed by atoms with Gasteiger partial charge in [0, 0.05) is 12.6 Å². The number of carbonyl (C=O) groups is 1. The van der Waals surface area contributed by atoms with Crippen LogP contribution in [0, 0.1) is 0 Å². The molecule has 3 N–H and O–H groups in total. The normalized spacial score (nSPS) is 22.3. The predicted molar refractivity (Wildman–Crippen MR) is 65.7 cm³/mol. The van der Waals surface area contributed by atoms with Gasteiger partial charge >= 0.3 is 0 Å². The Kier molecular flexibility index (Phi) is 3.72. The summed E-state index contributed by atoms with van der Waals surface area (Å²) >= 11 is 0. The Morgan fingerprint density at radius 3 is 2.83 bits per heavy atom. The summed E-state index contributed by atoms with van der Waals surface area (Å²) in [6, 6.07) is 4.41. The third-order valence-corrected chi connectivity index (χ3v) is 3.09. The van der Waals surface area contributed by atoms with Crippen molar-refractivity contribution >= 4 is 5.91 Å². The number of ether oxygens (including phenoxy) is 1. The second kappa shape index (κ2) is 5.27. The van der Waals surface area contributed by atoms with Gasteiger partial charge in [-0.15, -0.1) is 0 Å². The van der Waals surface area contributed by atoms with Crippen LogP contribution in [-0.2, 0) is 4.74 Å². The van der Waals surface area contributed by atoms with Gasteiger partial charge in [0.05, 0.1) is 11.7 Å². The van der Waals surface area contributed by atoms with Gasteiger partial charge in [-0.05, 0) is 31.9 Å². The highest BCUT2D eigenvalue weighted by atomic mass is 16.5. The molecule has 0 aromatic heterocycles. The molecule has 1 saturated carbocycles. The second-order valence-corrected chi connectivity index (χ2v) is 4.39. The van der Waals surface area contributed by atoms with E-state index in [1.807, 2.05) is 6.92 Å². The van der Waals surface area contributed by atoms with E-state index in [0.29, 0.717) is 6.61 Å². The minimum Gasteiger partial charge on any atom is -0.504 e. The van der Waals surface area contributed by atoms with Crippen molar-refractivity contribution in [1.82, 2.24) is 5.32 Å². The lowest BCUT2D eigenvalue weighted by Gasteiger charge is -2.35. The van der Waals surface area contributed by atoms with Crippen molar-refractivity contribution in [2.75, 3.05) is 6.61 Å². The van der Waals surface area contributed by atoms with Crippen LogP contribution in [0.4, 0.5) is 0 Å². The number of benzene rings is 1. The standard InChI is InChI=1S/C13H17NO4/c1-2-18-9-6-8(7-9)14-13(17)10-4-3-5-11(15)12(10)16/h3-5,8-9,15-16H,2,6-7H2,1H3,(H,14,17). The molecule has 1 aromatic carbocycles. The average Bonchev–Trinajstić information content (AvgIpc) is 2.30. The largest absolute Gasteiger partial charge is 0.504 e. The molecule has 0 spiro atoms. The van der Waals surface area contributed by atoms with Gasteiger partial charge in [-0.2, -0.15) is 0 Å². The molecule has 5 heteroatoms. The highest BCUT2D eigenvalue weighted by molar-refractivity contribution is 5.97. The van der Waals surface area contributed by atoms with Gasteiger partial charge in [0.2, 0.25) is 0 Å². The number of carbonyl (C=O) groups excluding carboxylic acids is 1. The monoisotopic (exact) mass is 251 g/mol. The zero-order valence-electron chi connectivity index (χ0n) is 10.2. The van der Waals surface area contributed by atoms with Crippen molar-refractivity contribution in [2.45, 2.75) is 31.9 Å². The SMILES string of the molecule is CCOC1CC(NC(=O)c2cccc(O)c2O)C1. The van der Waals surface area contributed by atoms with Gasteiger partial charge in [0.15, 0.2) is 11.5 Å². The third-order valence-electron chi connectivity index (χ3n) is 3.09. The number of aromatic hydroxyl groups is 2. The van der Waals surface area contributed by atoms with Crippen LogP contribution in [0.2, 0.25) is 0 Å². The molecule has 5 nitrogen and oxygen atoms in total. The van der Waals surface area contributed by atoms with Gasteiger partial charge in [0.1, 0.15) is 0 Å². The van der Waals surface area contributed by atoms with Gasteiger partial charge in [-0.25, -0.2) is 0 Å². The Morgan fingerprint density at radius 1 is 1.44 bits per heavy atom. The number of phenolic OH excluding ortho intramolecular Hbond substituents is 2. The fourth-order valence-electron chi connectivity index (χ4n) is 2.03. The molecule has 18 heavy (non-hydrogen) atoms. The summed E-state index contributed by atoms with van der Waals surface area (Å²) < 4.78 is 5.40. The maximum atomic E-state index is 11.9. The molecule has 1 aliphatic rings. The molecule has 0 saturated heterocycles. The van der Waals surface area contributed by atoms with Gasteiger partial charge in [0.25, 0.3) is 5.91 Å². The number of phenols is 2. The summed E-state index contributed by atoms with van der Waals surface area (Å²) in [7, 11) is 0. The molecular weight excluding hydrogens is 234 g/mol. The maximum Gasteiger partial charge on any atom is 0.255 e. The highest BCUT2D eigenvalue weighted by Crippen LogP contribution is 2.29. The minimum absolute atomic E-state index is 0.0794. The van der Waals surface area contributed by atoms with Crippen LogP contribution in [0.15, 0.2) is 18.2 Å². The molecule has 98 valence electrons. The number of para-hydroxylation sites is 1. The highest BCUT2D eigenvalue weighted by Gasteiger charge is 2.31. The molecular formula is C13H17NO4. The quantitative estimate of drug-likeness (QED) is 0.707. The van der Waals surface area contributed by atoms with E-state index in [-0.39, 0.29) is 35.1 Å². The van der Waals surface area contributed by atoms with Crippen LogP contribution in [0.5, 0.6) is 11.5 Å². The summed E-state index contributed by atoms with van der Waals surface area (Å²) in [6.07, 6.45) is 1.80. The lowest BCUT2D eigenvalue weighted by molar-refractivity contribution is -0.00864. The molecule has 1 aliphatic carbocycles. The Bertz CT molecular complexity index is 441. The zero-order valence-corrected chi connectivity index (χ0v) is 10.2. The molecule has 0 heterocycles. The van der Waals surface area contributed by atoms with Crippen LogP contribution in [0.3, 0.4) is 0 Å². The lowest BCUT2D eigenvalue weighted by atomic mass is 9.89. The van der Waals surface area contributed by atoms with Crippen molar-refractivity contribution in [3.8, 4) is 11.5 Å². The third kappa shape index (κ3) is 2.56. The molecule has 0 atom stereocenters. The van der Waals surface area contributed by atoms with Gasteiger partial charge in [-0.3, -0.25) is 4.79 Å². The first-order valence-corrected chi connectivity index (χ1v) is 6.05. The Morgan fingerprint density at radius 2 is 2.17 bits per heavy atom. The summed E-state index contributed by atoms with van der Waals surface area (Å²) in [6.45, 7) is 2.62. The van der Waals surface area contributed by atoms with E-state index in [1.54, 1.807) is 0 Å². The van der Waals surface area contributed by atoms with Crippen LogP contribution in [-0.4, -0.2) is 34.9 Å². The average molecular weight is 251 g/mol. The zero-order chi connectivity index (χ0) is 13.1. The molecule has 1 amide bonds. The second-order valence-electron chi connectivity index (χ2n) is 4.39. The van der Waals surface area contributed by atoms with Crippen molar-refractivity contribution < 1.29 is 19.7 Å². The molecule has 1 fully saturated rings. The lowest BCUT2D eigenvalue weighted by Crippen LogP contribution is -2.47. The van der Waals surface area contributed by atoms with Gasteiger partial charge in [-0.1, -0.05) is 6.07 Å². The van der Waals surface area contributed by atoms with E-state index >= 15 is 0 Å². The molecule has 2 rings (SSSR count). The fraction of sp³-hybridized carbons (Fsp3) is 0.462. The van der Waals surface area contributed by atoms with Crippen LogP contribution < -0.4 is 5.32 Å². The molecule has 0 aliphatic heterocycles. The van der Waals surface area contributed by atoms with E-state index < -0.39 is 0 Å². The minimum atomic E-state index is -0.379. The predicted octanol–water partition coefficient (Wildman–Crippen LogP) is 1.40. The molecule has 0 unspecified atom stereocenters. The maximum absolute atomic E-state index is 11.9. The Labute approximate surface area is 105 Å². The van der Waals surface area contributed by atoms with E-state index in [1.165, 1.54) is 18.2 Å². The van der Waals surface area contributed by atoms with Crippen molar-refractivity contribution in [3.05, 3.63) is 23.8 Å². The van der Waals surface area contributed by atoms with E-state index in [9.17, 15) is 15.0 Å². The van der Waals surface area contributed by atoms with Crippen LogP contribution in [0.1, 0.15) is 30.1 Å². The Balaban J connectivity index is 1.91. The summed E-state index contributed by atoms with van der Waals surface area (Å²) in [5.41, 5.74) is 0.0925. The molecule has 0 bridgehead atoms. The number of hydrogen-bond acceptors (Lipinski definition) is 4. The smallest absolute Gasteiger partial charge is 0.255 e. The van der Waals surface area contributed by atoms with Crippen molar-refractivity contribution in [1.29, 1.82) is 0 Å². The number of amides is 1. The summed E-state index contributed by atoms with van der Waals surface area (Å²) in [4.78, 5) is 11.9. The fourth-order valence-corrected chi connectivity index (χ4v) is 2.03. The molecule has 0 radical (unpaired) electrons. The summed E-state index contributed by atoms with van der Waals surface area (Å²) in [5.74, 6) is -1.04. The van der Waals surface area contributed by atoms with Crippen LogP contribution >= 0.6 is 0 Å². The van der Waals surface area contributed by atoms with Crippen molar-refractivity contribution in [3.63, 3.8) is 0 Å². The van der Waals surface area contributed by atoms with E-state index in [0.717, 1.165) is 12.8 Å². The van der Waals surface area contributed by atoms with Crippen molar-refractivity contribution in [2.24, 2.45) is 0 Å². The molecule has 1 aromatic rings. The number of rotatable bonds is 4. The first-order chi connectivity index (χ1) is 8.61. The Hall–Kier alpha value is -1.75. The van der Waals surface area contributed by atoms with E-state index in [2.05, 4.69) is 5.32 Å². The first kappa shape index (κ1) is 12.7.